The van der Waals surface area contributed by atoms with Crippen LogP contribution in [0.25, 0.3) is 0 Å². The van der Waals surface area contributed by atoms with Gasteiger partial charge in [-0.15, -0.1) is 0 Å². The van der Waals surface area contributed by atoms with Gasteiger partial charge in [0.2, 0.25) is 0 Å². The van der Waals surface area contributed by atoms with Crippen molar-refractivity contribution in [2.45, 2.75) is 254 Å². The summed E-state index contributed by atoms with van der Waals surface area (Å²) in [6.07, 6.45) is 49.0. The van der Waals surface area contributed by atoms with Crippen molar-refractivity contribution in [3.05, 3.63) is 117 Å². The maximum Gasteiger partial charge on any atom is 0.162 e. The van der Waals surface area contributed by atoms with Crippen LogP contribution < -0.4 is 15.6 Å². The number of aryl methyl sites for hydroxylation is 6. The van der Waals surface area contributed by atoms with Gasteiger partial charge in [-0.1, -0.05) is 249 Å². The van der Waals surface area contributed by atoms with Crippen LogP contribution in [-0.4, -0.2) is 8.07 Å². The normalized spacial score (nSPS) is 13.1. The summed E-state index contributed by atoms with van der Waals surface area (Å²) >= 11 is 0. The lowest BCUT2D eigenvalue weighted by Crippen LogP contribution is -2.70. The second-order valence-corrected chi connectivity index (χ2v) is 23.8. The predicted molar refractivity (Wildman–Crippen MR) is 286 cm³/mol. The van der Waals surface area contributed by atoms with Crippen LogP contribution in [0.15, 0.2) is 78.4 Å². The van der Waals surface area contributed by atoms with Gasteiger partial charge in [0.1, 0.15) is 0 Å². The van der Waals surface area contributed by atoms with E-state index in [0.717, 1.165) is 6.42 Å². The molecule has 0 bridgehead atoms. The quantitative estimate of drug-likeness (QED) is 0.0310. The summed E-state index contributed by atoms with van der Waals surface area (Å²) in [5, 5.41) is 4.99. The van der Waals surface area contributed by atoms with E-state index in [1.165, 1.54) is 205 Å². The third kappa shape index (κ3) is 17.6. The van der Waals surface area contributed by atoms with Crippen molar-refractivity contribution in [2.24, 2.45) is 0 Å². The Morgan fingerprint density at radius 1 is 0.270 bits per heavy atom. The molecule has 0 spiro atoms. The van der Waals surface area contributed by atoms with Gasteiger partial charge in [-0.05, 0) is 132 Å². The van der Waals surface area contributed by atoms with E-state index in [1.54, 1.807) is 54.5 Å². The minimum Gasteiger partial charge on any atom is -0.0750 e. The Balaban J connectivity index is 2.12. The molecule has 3 aromatic carbocycles. The predicted octanol–water partition coefficient (Wildman–Crippen LogP) is 17.3. The Morgan fingerprint density at radius 2 is 0.540 bits per heavy atom. The number of benzene rings is 3. The van der Waals surface area contributed by atoms with Gasteiger partial charge in [0.25, 0.3) is 0 Å². The van der Waals surface area contributed by atoms with Crippen LogP contribution in [0.1, 0.15) is 249 Å². The molecule has 0 unspecified atom stereocenters. The average Bonchev–Trinajstić information content (AvgIpc) is 3.76. The Morgan fingerprint density at radius 3 is 0.778 bits per heavy atom. The molecule has 349 valence electrons. The highest BCUT2D eigenvalue weighted by Gasteiger charge is 2.47. The minimum absolute atomic E-state index is 1.16. The Bertz CT molecular complexity index is 1470. The van der Waals surface area contributed by atoms with Crippen molar-refractivity contribution < 1.29 is 0 Å². The van der Waals surface area contributed by atoms with Crippen LogP contribution in [-0.2, 0) is 38.5 Å². The smallest absolute Gasteiger partial charge is 0.0750 e. The molecule has 0 amide bonds. The molecule has 1 aliphatic rings. The van der Waals surface area contributed by atoms with Gasteiger partial charge in [-0.25, -0.2) is 0 Å². The first-order chi connectivity index (χ1) is 30.9. The molecule has 0 heterocycles. The molecule has 0 N–H and O–H groups in total. The zero-order valence-corrected chi connectivity index (χ0v) is 43.6. The zero-order chi connectivity index (χ0) is 45.0. The van der Waals surface area contributed by atoms with Crippen molar-refractivity contribution >= 4 is 23.6 Å². The summed E-state index contributed by atoms with van der Waals surface area (Å²) in [7, 11) is -2.82. The molecule has 1 heteroatoms. The maximum atomic E-state index is 2.78. The number of hydrogen-bond donors (Lipinski definition) is 0. The van der Waals surface area contributed by atoms with E-state index in [4.69, 9.17) is 0 Å². The van der Waals surface area contributed by atoms with E-state index >= 15 is 0 Å². The van der Waals surface area contributed by atoms with E-state index in [1.807, 2.05) is 0 Å². The molecule has 0 nitrogen and oxygen atoms in total. The first kappa shape index (κ1) is 53.0. The second-order valence-electron chi connectivity index (χ2n) is 20.0. The monoisotopic (exact) mass is 870 g/mol. The fraction of sp³-hybridized carbons (Fsp3) is 0.629. The third-order valence-electron chi connectivity index (χ3n) is 14.2. The van der Waals surface area contributed by atoms with Crippen LogP contribution in [0.5, 0.6) is 0 Å². The van der Waals surface area contributed by atoms with Crippen molar-refractivity contribution in [1.82, 2.24) is 0 Å². The van der Waals surface area contributed by atoms with E-state index in [0.29, 0.717) is 0 Å². The summed E-state index contributed by atoms with van der Waals surface area (Å²) in [5.41, 5.74) is 12.7. The maximum absolute atomic E-state index is 2.82. The molecule has 0 saturated carbocycles. The largest absolute Gasteiger partial charge is 0.162 e. The second kappa shape index (κ2) is 31.3. The fourth-order valence-electron chi connectivity index (χ4n) is 10.5. The Labute approximate surface area is 393 Å². The van der Waals surface area contributed by atoms with Crippen molar-refractivity contribution in [3.63, 3.8) is 0 Å². The van der Waals surface area contributed by atoms with Gasteiger partial charge in [-0.3, -0.25) is 0 Å². The molecule has 0 aromatic heterocycles. The third-order valence-corrected chi connectivity index (χ3v) is 18.8. The topological polar surface area (TPSA) is 0 Å². The molecule has 0 aliphatic heterocycles. The molecule has 0 saturated heterocycles. The van der Waals surface area contributed by atoms with E-state index < -0.39 is 8.07 Å². The minimum atomic E-state index is -2.82. The lowest BCUT2D eigenvalue weighted by molar-refractivity contribution is 0.661. The van der Waals surface area contributed by atoms with Gasteiger partial charge < -0.3 is 0 Å². The number of unbranched alkanes of at least 4 members (excludes halogenated alkanes) is 18. The van der Waals surface area contributed by atoms with Crippen LogP contribution in [0.4, 0.5) is 0 Å². The highest BCUT2D eigenvalue weighted by atomic mass is 28.3. The van der Waals surface area contributed by atoms with Crippen LogP contribution in [0.3, 0.4) is 0 Å². The first-order valence-corrected chi connectivity index (χ1v) is 29.6. The molecule has 0 atom stereocenters. The number of allylic oxidation sites excluding steroid dienone is 4. The van der Waals surface area contributed by atoms with Crippen molar-refractivity contribution in [3.8, 4) is 0 Å². The van der Waals surface area contributed by atoms with Crippen molar-refractivity contribution in [2.75, 3.05) is 0 Å². The summed E-state index contributed by atoms with van der Waals surface area (Å²) in [6.45, 7) is 16.5. The molecule has 0 fully saturated rings. The van der Waals surface area contributed by atoms with Crippen LogP contribution in [0, 0.1) is 5.54 Å². The van der Waals surface area contributed by atoms with Gasteiger partial charge in [0.05, 0.1) is 0 Å². The van der Waals surface area contributed by atoms with Gasteiger partial charge in [-0.2, -0.15) is 0 Å². The summed E-state index contributed by atoms with van der Waals surface area (Å²) in [4.78, 5) is 0. The first-order valence-electron chi connectivity index (χ1n) is 27.6. The molecule has 4 rings (SSSR count). The highest BCUT2D eigenvalue weighted by molar-refractivity contribution is 7.15. The van der Waals surface area contributed by atoms with E-state index in [-0.39, 0.29) is 0 Å². The standard InChI is InChI=1S/C62H97Si/c1-8-15-21-27-34-53-42-54(35-28-22-16-9-2)47-60(46-53)63(59-41-40-52(45-59)33-14-7,61-48-55(36-29-23-17-10-3)43-56(49-61)37-30-24-18-11-4)62-50-57(38-31-25-19-12-5)44-58(51-62)39-32-26-20-13-6/h40-51H,8-39H2,1-7H3. The SMILES string of the molecule is CCCCCCc1cc(CCCCCC)cc([Si]([C]2C=CC(CCC)=C2)(c2cc(CCCCCC)cc(CCCCCC)c2)c2cc(CCCCCC)cc(CCCCCC)c2)c1. The zero-order valence-electron chi connectivity index (χ0n) is 42.6. The summed E-state index contributed by atoms with van der Waals surface area (Å²) in [6, 6.07) is 24.7. The summed E-state index contributed by atoms with van der Waals surface area (Å²) in [5.74, 6) is 0. The van der Waals surface area contributed by atoms with E-state index in [9.17, 15) is 0 Å². The van der Waals surface area contributed by atoms with E-state index in [2.05, 4.69) is 121 Å². The Kier molecular flexibility index (Phi) is 26.3. The number of hydrogen-bond acceptors (Lipinski definition) is 0. The molecular formula is C62H97Si. The molecule has 3 aromatic rings. The van der Waals surface area contributed by atoms with Crippen LogP contribution >= 0.6 is 0 Å². The van der Waals surface area contributed by atoms with Crippen molar-refractivity contribution in [1.29, 1.82) is 0 Å². The highest BCUT2D eigenvalue weighted by Crippen LogP contribution is 2.33. The molecule has 1 radical (unpaired) electrons. The van der Waals surface area contributed by atoms with Gasteiger partial charge in [0, 0.05) is 5.54 Å². The average molecular weight is 871 g/mol. The summed E-state index contributed by atoms with van der Waals surface area (Å²) < 4.78 is 0. The lowest BCUT2D eigenvalue weighted by atomic mass is 10.00. The van der Waals surface area contributed by atoms with Gasteiger partial charge in [0.15, 0.2) is 8.07 Å². The lowest BCUT2D eigenvalue weighted by Gasteiger charge is -2.39. The fourth-order valence-corrected chi connectivity index (χ4v) is 15.7. The number of rotatable bonds is 36. The molecular weight excluding hydrogens is 773 g/mol. The Hall–Kier alpha value is -2.64. The van der Waals surface area contributed by atoms with Gasteiger partial charge >= 0.3 is 0 Å². The molecule has 63 heavy (non-hydrogen) atoms. The van der Waals surface area contributed by atoms with Crippen LogP contribution in [0.2, 0.25) is 0 Å². The molecule has 1 aliphatic carbocycles.